The third-order valence-corrected chi connectivity index (χ3v) is 0.558. The molecule has 7 heteroatoms. The quantitative estimate of drug-likeness (QED) is 0.486. The van der Waals surface area contributed by atoms with Crippen LogP contribution in [0.25, 0.3) is 0 Å². The fourth-order valence-electron chi connectivity index (χ4n) is 0.204. The smallest absolute Gasteiger partial charge is 0.394 e. The van der Waals surface area contributed by atoms with Gasteiger partial charge >= 0.3 is 10.4 Å². The third kappa shape index (κ3) is 353. The fourth-order valence-corrected chi connectivity index (χ4v) is 0.204. The van der Waals surface area contributed by atoms with Crippen molar-refractivity contribution in [1.82, 2.24) is 0 Å². The SMILES string of the molecule is CCCCN.CCO.O=S(=O)(O)O. The van der Waals surface area contributed by atoms with Gasteiger partial charge in [-0.25, -0.2) is 0 Å². The van der Waals surface area contributed by atoms with E-state index in [1.807, 2.05) is 0 Å². The maximum atomic E-state index is 8.74. The van der Waals surface area contributed by atoms with E-state index in [4.69, 9.17) is 28.4 Å². The zero-order valence-corrected chi connectivity index (χ0v) is 8.79. The van der Waals surface area contributed by atoms with Gasteiger partial charge in [0.05, 0.1) is 0 Å². The maximum absolute atomic E-state index is 8.74. The van der Waals surface area contributed by atoms with Crippen LogP contribution in [0, 0.1) is 0 Å². The summed E-state index contributed by atoms with van der Waals surface area (Å²) in [4.78, 5) is 0. The van der Waals surface area contributed by atoms with Crippen molar-refractivity contribution in [3.8, 4) is 0 Å². The predicted molar refractivity (Wildman–Crippen MR) is 50.9 cm³/mol. The van der Waals surface area contributed by atoms with Gasteiger partial charge in [-0.1, -0.05) is 13.3 Å². The van der Waals surface area contributed by atoms with Gasteiger partial charge < -0.3 is 10.8 Å². The Kier molecular flexibility index (Phi) is 20.4. The molecule has 0 aliphatic heterocycles. The number of hydrogen-bond donors (Lipinski definition) is 4. The first-order valence-corrected chi connectivity index (χ1v) is 5.23. The molecule has 0 atom stereocenters. The summed E-state index contributed by atoms with van der Waals surface area (Å²) in [5, 5.41) is 7.57. The molecule has 5 N–H and O–H groups in total. The highest BCUT2D eigenvalue weighted by atomic mass is 32.3. The van der Waals surface area contributed by atoms with E-state index >= 15 is 0 Å². The molecule has 0 unspecified atom stereocenters. The summed E-state index contributed by atoms with van der Waals surface area (Å²) in [5.41, 5.74) is 5.14. The molecular formula is C6H19NO5S. The lowest BCUT2D eigenvalue weighted by Crippen LogP contribution is -1.95. The van der Waals surface area contributed by atoms with Gasteiger partial charge in [-0.3, -0.25) is 9.11 Å². The molecule has 0 aromatic heterocycles. The monoisotopic (exact) mass is 217 g/mol. The number of unbranched alkanes of at least 4 members (excludes halogenated alkanes) is 1. The van der Waals surface area contributed by atoms with Crippen LogP contribution in [0.1, 0.15) is 26.7 Å². The van der Waals surface area contributed by atoms with Crippen molar-refractivity contribution in [2.45, 2.75) is 26.7 Å². The molecule has 0 heterocycles. The van der Waals surface area contributed by atoms with Crippen LogP contribution in [-0.4, -0.2) is 35.8 Å². The fraction of sp³-hybridized carbons (Fsp3) is 1.00. The van der Waals surface area contributed by atoms with Crippen molar-refractivity contribution in [2.24, 2.45) is 5.73 Å². The highest BCUT2D eigenvalue weighted by molar-refractivity contribution is 7.79. The molecule has 0 aromatic carbocycles. The summed E-state index contributed by atoms with van der Waals surface area (Å²) in [6, 6.07) is 0. The molecule has 0 bridgehead atoms. The first kappa shape index (κ1) is 18.5. The number of aliphatic hydroxyl groups is 1. The van der Waals surface area contributed by atoms with E-state index in [2.05, 4.69) is 6.92 Å². The van der Waals surface area contributed by atoms with Crippen LogP contribution in [0.15, 0.2) is 0 Å². The summed E-state index contributed by atoms with van der Waals surface area (Å²) in [6.07, 6.45) is 2.39. The molecule has 0 spiro atoms. The summed E-state index contributed by atoms with van der Waals surface area (Å²) in [5.74, 6) is 0. The third-order valence-electron chi connectivity index (χ3n) is 0.558. The Morgan fingerprint density at radius 2 is 1.46 bits per heavy atom. The van der Waals surface area contributed by atoms with E-state index in [1.165, 1.54) is 12.8 Å². The molecule has 0 radical (unpaired) electrons. The summed E-state index contributed by atoms with van der Waals surface area (Å²) in [7, 11) is -4.67. The van der Waals surface area contributed by atoms with Crippen LogP contribution in [0.2, 0.25) is 0 Å². The molecule has 0 saturated carbocycles. The minimum atomic E-state index is -4.67. The van der Waals surface area contributed by atoms with Crippen molar-refractivity contribution in [3.05, 3.63) is 0 Å². The van der Waals surface area contributed by atoms with Crippen LogP contribution >= 0.6 is 0 Å². The lowest BCUT2D eigenvalue weighted by Gasteiger charge is -1.80. The standard InChI is InChI=1S/C4H11N.C2H6O.H2O4S/c1-2-3-4-5;1-2-3;1-5(2,3)4/h2-5H2,1H3;3H,2H2,1H3;(H2,1,2,3,4). The van der Waals surface area contributed by atoms with E-state index < -0.39 is 10.4 Å². The van der Waals surface area contributed by atoms with Crippen LogP contribution in [0.5, 0.6) is 0 Å². The highest BCUT2D eigenvalue weighted by Gasteiger charge is 1.84. The van der Waals surface area contributed by atoms with E-state index in [0.717, 1.165) is 6.54 Å². The van der Waals surface area contributed by atoms with E-state index in [9.17, 15) is 0 Å². The molecule has 0 amide bonds. The van der Waals surface area contributed by atoms with Gasteiger partial charge in [-0.05, 0) is 19.9 Å². The zero-order valence-electron chi connectivity index (χ0n) is 7.97. The Hall–Kier alpha value is -0.210. The average Bonchev–Trinajstić information content (AvgIpc) is 1.87. The van der Waals surface area contributed by atoms with Crippen molar-refractivity contribution in [1.29, 1.82) is 0 Å². The molecule has 0 fully saturated rings. The van der Waals surface area contributed by atoms with Gasteiger partial charge in [0.25, 0.3) is 0 Å². The molecule has 0 aliphatic carbocycles. The average molecular weight is 217 g/mol. The predicted octanol–water partition coefficient (Wildman–Crippen LogP) is 0.0910. The van der Waals surface area contributed by atoms with E-state index in [0.29, 0.717) is 0 Å². The number of aliphatic hydroxyl groups excluding tert-OH is 1. The van der Waals surface area contributed by atoms with Crippen LogP contribution in [-0.2, 0) is 10.4 Å². The second-order valence-corrected chi connectivity index (χ2v) is 2.80. The minimum absolute atomic E-state index is 0.250. The van der Waals surface area contributed by atoms with Gasteiger partial charge in [0, 0.05) is 6.61 Å². The lowest BCUT2D eigenvalue weighted by atomic mass is 10.3. The summed E-state index contributed by atoms with van der Waals surface area (Å²) >= 11 is 0. The van der Waals surface area contributed by atoms with Gasteiger partial charge in [0.2, 0.25) is 0 Å². The minimum Gasteiger partial charge on any atom is -0.397 e. The second kappa shape index (κ2) is 14.3. The van der Waals surface area contributed by atoms with E-state index in [-0.39, 0.29) is 6.61 Å². The van der Waals surface area contributed by atoms with Crippen molar-refractivity contribution >= 4 is 10.4 Å². The molecule has 0 aliphatic rings. The largest absolute Gasteiger partial charge is 0.397 e. The maximum Gasteiger partial charge on any atom is 0.394 e. The van der Waals surface area contributed by atoms with Crippen LogP contribution < -0.4 is 5.73 Å². The number of nitrogens with two attached hydrogens (primary N) is 1. The van der Waals surface area contributed by atoms with Gasteiger partial charge in [0.1, 0.15) is 0 Å². The Bertz CT molecular complexity index is 146. The first-order chi connectivity index (χ1) is 5.83. The molecule has 6 nitrogen and oxygen atoms in total. The molecule has 0 saturated heterocycles. The van der Waals surface area contributed by atoms with Crippen LogP contribution in [0.4, 0.5) is 0 Å². The number of hydrogen-bond acceptors (Lipinski definition) is 4. The Morgan fingerprint density at radius 3 is 1.46 bits per heavy atom. The number of rotatable bonds is 2. The molecular weight excluding hydrogens is 198 g/mol. The van der Waals surface area contributed by atoms with Crippen molar-refractivity contribution in [2.75, 3.05) is 13.2 Å². The highest BCUT2D eigenvalue weighted by Crippen LogP contribution is 1.77. The Labute approximate surface area is 79.3 Å². The molecule has 84 valence electrons. The normalized spacial score (nSPS) is 9.08. The van der Waals surface area contributed by atoms with Crippen molar-refractivity contribution < 1.29 is 22.6 Å². The zero-order chi connectivity index (χ0) is 11.3. The van der Waals surface area contributed by atoms with Gasteiger partial charge in [-0.2, -0.15) is 8.42 Å². The second-order valence-electron chi connectivity index (χ2n) is 1.91. The molecule has 0 rings (SSSR count). The van der Waals surface area contributed by atoms with E-state index in [1.54, 1.807) is 6.92 Å². The lowest BCUT2D eigenvalue weighted by molar-refractivity contribution is 0.318. The Balaban J connectivity index is -0.000000120. The molecule has 13 heavy (non-hydrogen) atoms. The van der Waals surface area contributed by atoms with Gasteiger partial charge in [0.15, 0.2) is 0 Å². The molecule has 0 aromatic rings. The Morgan fingerprint density at radius 1 is 1.23 bits per heavy atom. The van der Waals surface area contributed by atoms with Gasteiger partial charge in [-0.15, -0.1) is 0 Å². The summed E-state index contributed by atoms with van der Waals surface area (Å²) in [6.45, 7) is 4.91. The summed E-state index contributed by atoms with van der Waals surface area (Å²) < 4.78 is 31.6. The topological polar surface area (TPSA) is 121 Å². The first-order valence-electron chi connectivity index (χ1n) is 3.84. The van der Waals surface area contributed by atoms with Crippen molar-refractivity contribution in [3.63, 3.8) is 0 Å². The van der Waals surface area contributed by atoms with Crippen LogP contribution in [0.3, 0.4) is 0 Å².